The summed E-state index contributed by atoms with van der Waals surface area (Å²) in [7, 11) is 4.66. The normalized spacial score (nSPS) is 18.1. The van der Waals surface area contributed by atoms with E-state index in [1.54, 1.807) is 33.5 Å². The van der Waals surface area contributed by atoms with Crippen molar-refractivity contribution >= 4 is 11.3 Å². The lowest BCUT2D eigenvalue weighted by Crippen LogP contribution is -2.35. The molecule has 1 saturated heterocycles. The van der Waals surface area contributed by atoms with Crippen LogP contribution < -0.4 is 18.9 Å². The van der Waals surface area contributed by atoms with Crippen LogP contribution in [0.1, 0.15) is 36.4 Å². The number of methoxy groups -OCH3 is 3. The van der Waals surface area contributed by atoms with Crippen LogP contribution in [0.3, 0.4) is 0 Å². The van der Waals surface area contributed by atoms with E-state index in [9.17, 15) is 8.76 Å². The zero-order valence-electron chi connectivity index (χ0n) is 21.0. The van der Waals surface area contributed by atoms with Gasteiger partial charge < -0.3 is 23.7 Å². The standard InChI is InChI=1S/C23H30N6O7S/c1-14(28-37(30)31)16(22-24-11-15(32-2)12-25-22)10-20-26-27-23(19-13-35-8-9-36-19)29(20)21-17(33-3)6-5-7-18(21)34-4/h5-7,11-12,14,16,19,28H,8-10,13H2,1-4H3,(H,30,31)/t14-,16-,19-/m1/s1. The van der Waals surface area contributed by atoms with Gasteiger partial charge in [-0.25, -0.2) is 18.9 Å². The van der Waals surface area contributed by atoms with Gasteiger partial charge in [-0.1, -0.05) is 6.07 Å². The van der Waals surface area contributed by atoms with Gasteiger partial charge in [0.1, 0.15) is 34.9 Å². The van der Waals surface area contributed by atoms with Crippen molar-refractivity contribution in [1.82, 2.24) is 29.5 Å². The van der Waals surface area contributed by atoms with Crippen molar-refractivity contribution in [3.8, 4) is 22.9 Å². The van der Waals surface area contributed by atoms with Gasteiger partial charge in [-0.3, -0.25) is 9.12 Å². The SMILES string of the molecule is COc1cnc([C@H](Cc2nnc([C@H]3COCCO3)n2-c2c(OC)cccc2OC)[C@@H](C)NS(=O)O)nc1. The molecule has 0 radical (unpaired) electrons. The number of hydrogen-bond acceptors (Lipinski definition) is 10. The number of nitrogens with zero attached hydrogens (tertiary/aromatic N) is 5. The molecule has 4 rings (SSSR count). The van der Waals surface area contributed by atoms with E-state index in [0.29, 0.717) is 60.2 Å². The predicted octanol–water partition coefficient (Wildman–Crippen LogP) is 1.61. The summed E-state index contributed by atoms with van der Waals surface area (Å²) in [6.07, 6.45) is 2.87. The van der Waals surface area contributed by atoms with Crippen LogP contribution in [0.15, 0.2) is 30.6 Å². The molecular weight excluding hydrogens is 504 g/mol. The average Bonchev–Trinajstić information content (AvgIpc) is 3.34. The van der Waals surface area contributed by atoms with E-state index >= 15 is 0 Å². The van der Waals surface area contributed by atoms with E-state index < -0.39 is 29.3 Å². The maximum Gasteiger partial charge on any atom is 0.231 e. The van der Waals surface area contributed by atoms with Crippen LogP contribution in [-0.4, -0.2) is 80.7 Å². The topological polar surface area (TPSA) is 152 Å². The third-order valence-corrected chi connectivity index (χ3v) is 6.57. The average molecular weight is 535 g/mol. The molecule has 4 atom stereocenters. The van der Waals surface area contributed by atoms with E-state index in [4.69, 9.17) is 23.7 Å². The maximum absolute atomic E-state index is 11.6. The Balaban J connectivity index is 1.84. The first-order valence-corrected chi connectivity index (χ1v) is 12.6. The minimum absolute atomic E-state index is 0.249. The highest BCUT2D eigenvalue weighted by atomic mass is 32.2. The van der Waals surface area contributed by atoms with Gasteiger partial charge in [-0.05, 0) is 19.1 Å². The van der Waals surface area contributed by atoms with Crippen LogP contribution in [0.2, 0.25) is 0 Å². The van der Waals surface area contributed by atoms with Crippen LogP contribution >= 0.6 is 0 Å². The molecule has 2 N–H and O–H groups in total. The van der Waals surface area contributed by atoms with Crippen molar-refractivity contribution in [3.05, 3.63) is 48.1 Å². The molecule has 0 amide bonds. The van der Waals surface area contributed by atoms with Gasteiger partial charge in [0.2, 0.25) is 11.3 Å². The molecule has 37 heavy (non-hydrogen) atoms. The Bertz CT molecular complexity index is 1180. The van der Waals surface area contributed by atoms with Crippen molar-refractivity contribution in [3.63, 3.8) is 0 Å². The highest BCUT2D eigenvalue weighted by molar-refractivity contribution is 7.77. The van der Waals surface area contributed by atoms with Gasteiger partial charge in [-0.2, -0.15) is 0 Å². The fourth-order valence-corrected chi connectivity index (χ4v) is 4.64. The number of nitrogens with one attached hydrogen (secondary N) is 1. The van der Waals surface area contributed by atoms with Crippen LogP contribution in [0, 0.1) is 0 Å². The van der Waals surface area contributed by atoms with Crippen molar-refractivity contribution in [1.29, 1.82) is 0 Å². The molecule has 3 heterocycles. The van der Waals surface area contributed by atoms with Gasteiger partial charge in [0.25, 0.3) is 0 Å². The lowest BCUT2D eigenvalue weighted by molar-refractivity contribution is -0.0942. The van der Waals surface area contributed by atoms with E-state index in [1.807, 2.05) is 22.8 Å². The molecule has 1 fully saturated rings. The summed E-state index contributed by atoms with van der Waals surface area (Å²) in [5, 5.41) is 8.97. The Morgan fingerprint density at radius 1 is 1.14 bits per heavy atom. The number of ether oxygens (including phenoxy) is 5. The molecule has 0 aliphatic carbocycles. The van der Waals surface area contributed by atoms with Crippen LogP contribution in [0.4, 0.5) is 0 Å². The Morgan fingerprint density at radius 3 is 2.41 bits per heavy atom. The van der Waals surface area contributed by atoms with Crippen LogP contribution in [-0.2, 0) is 27.2 Å². The van der Waals surface area contributed by atoms with E-state index in [2.05, 4.69) is 24.9 Å². The van der Waals surface area contributed by atoms with Crippen LogP contribution in [0.5, 0.6) is 17.2 Å². The second-order valence-electron chi connectivity index (χ2n) is 8.20. The fraction of sp³-hybridized carbons (Fsp3) is 0.478. The second-order valence-corrected chi connectivity index (χ2v) is 8.94. The van der Waals surface area contributed by atoms with E-state index in [-0.39, 0.29) is 6.42 Å². The van der Waals surface area contributed by atoms with E-state index in [1.165, 1.54) is 7.11 Å². The Morgan fingerprint density at radius 2 is 1.84 bits per heavy atom. The van der Waals surface area contributed by atoms with Crippen molar-refractivity contribution in [2.45, 2.75) is 31.4 Å². The fourth-order valence-electron chi connectivity index (χ4n) is 4.16. The largest absolute Gasteiger partial charge is 0.494 e. The van der Waals surface area contributed by atoms with Gasteiger partial charge >= 0.3 is 0 Å². The first-order valence-electron chi connectivity index (χ1n) is 11.5. The van der Waals surface area contributed by atoms with E-state index in [0.717, 1.165) is 0 Å². The quantitative estimate of drug-likeness (QED) is 0.345. The van der Waals surface area contributed by atoms with Crippen molar-refractivity contribution in [2.24, 2.45) is 0 Å². The van der Waals surface area contributed by atoms with Gasteiger partial charge in [0, 0.05) is 18.4 Å². The summed E-state index contributed by atoms with van der Waals surface area (Å²) in [5.41, 5.74) is 0.595. The first kappa shape index (κ1) is 26.9. The third kappa shape index (κ3) is 6.05. The number of aromatic nitrogens is 5. The zero-order valence-corrected chi connectivity index (χ0v) is 21.8. The molecule has 1 aliphatic heterocycles. The van der Waals surface area contributed by atoms with Gasteiger partial charge in [-0.15, -0.1) is 10.2 Å². The number of para-hydroxylation sites is 1. The molecule has 14 heteroatoms. The van der Waals surface area contributed by atoms with Gasteiger partial charge in [0.15, 0.2) is 11.6 Å². The summed E-state index contributed by atoms with van der Waals surface area (Å²) in [6.45, 7) is 2.99. The summed E-state index contributed by atoms with van der Waals surface area (Å²) < 4.78 is 53.7. The number of benzene rings is 1. The molecule has 0 bridgehead atoms. The third-order valence-electron chi connectivity index (χ3n) is 5.99. The van der Waals surface area contributed by atoms with Crippen molar-refractivity contribution < 1.29 is 32.4 Å². The second kappa shape index (κ2) is 12.4. The summed E-state index contributed by atoms with van der Waals surface area (Å²) in [6, 6.07) is 4.93. The zero-order chi connectivity index (χ0) is 26.4. The Hall–Kier alpha value is -3.17. The molecule has 1 unspecified atom stereocenters. The smallest absolute Gasteiger partial charge is 0.231 e. The molecule has 2 aromatic heterocycles. The Labute approximate surface area is 216 Å². The molecular formula is C23H30N6O7S. The van der Waals surface area contributed by atoms with Crippen LogP contribution in [0.25, 0.3) is 5.69 Å². The molecule has 1 aliphatic rings. The Kier molecular flexibility index (Phi) is 9.00. The maximum atomic E-state index is 11.6. The summed E-state index contributed by atoms with van der Waals surface area (Å²) >= 11 is -2.25. The number of hydrogen-bond donors (Lipinski definition) is 2. The highest BCUT2D eigenvalue weighted by Gasteiger charge is 2.32. The molecule has 200 valence electrons. The van der Waals surface area contributed by atoms with Gasteiger partial charge in [0.05, 0.1) is 53.5 Å². The first-order chi connectivity index (χ1) is 18.0. The minimum atomic E-state index is -2.25. The summed E-state index contributed by atoms with van der Waals surface area (Å²) in [4.78, 5) is 8.87. The molecule has 0 spiro atoms. The van der Waals surface area contributed by atoms with Crippen molar-refractivity contribution in [2.75, 3.05) is 41.2 Å². The monoisotopic (exact) mass is 534 g/mol. The predicted molar refractivity (Wildman–Crippen MR) is 132 cm³/mol. The highest BCUT2D eigenvalue weighted by Crippen LogP contribution is 2.37. The number of rotatable bonds is 11. The molecule has 1 aromatic carbocycles. The lowest BCUT2D eigenvalue weighted by Gasteiger charge is -2.26. The summed E-state index contributed by atoms with van der Waals surface area (Å²) in [5.74, 6) is 2.57. The molecule has 0 saturated carbocycles. The lowest BCUT2D eigenvalue weighted by atomic mass is 9.96. The molecule has 3 aromatic rings. The minimum Gasteiger partial charge on any atom is -0.494 e. The molecule has 13 nitrogen and oxygen atoms in total.